The molecule has 1 saturated heterocycles. The molecule has 2 saturated carbocycles. The molecule has 1 heterocycles. The van der Waals surface area contributed by atoms with E-state index in [-0.39, 0.29) is 0 Å². The van der Waals surface area contributed by atoms with E-state index in [2.05, 4.69) is 4.90 Å². The van der Waals surface area contributed by atoms with E-state index >= 15 is 0 Å². The van der Waals surface area contributed by atoms with Gasteiger partial charge in [0, 0.05) is 18.1 Å². The van der Waals surface area contributed by atoms with Crippen LogP contribution in [0.4, 0.5) is 0 Å². The van der Waals surface area contributed by atoms with Crippen LogP contribution in [0, 0.1) is 0 Å². The van der Waals surface area contributed by atoms with Gasteiger partial charge >= 0.3 is 0 Å². The minimum atomic E-state index is 0.736. The molecular formula is C11H19N. The Morgan fingerprint density at radius 1 is 0.917 bits per heavy atom. The zero-order valence-corrected chi connectivity index (χ0v) is 7.89. The molecule has 2 aliphatic carbocycles. The van der Waals surface area contributed by atoms with Gasteiger partial charge in [-0.2, -0.15) is 0 Å². The largest absolute Gasteiger partial charge is 0.295 e. The van der Waals surface area contributed by atoms with Crippen LogP contribution in [0.5, 0.6) is 0 Å². The van der Waals surface area contributed by atoms with Crippen molar-refractivity contribution in [3.8, 4) is 0 Å². The second kappa shape index (κ2) is 2.47. The molecule has 3 fully saturated rings. The Morgan fingerprint density at radius 3 is 2.17 bits per heavy atom. The van der Waals surface area contributed by atoms with Gasteiger partial charge < -0.3 is 0 Å². The van der Waals surface area contributed by atoms with Crippen LogP contribution in [0.25, 0.3) is 0 Å². The van der Waals surface area contributed by atoms with E-state index in [1.807, 2.05) is 0 Å². The Labute approximate surface area is 75.1 Å². The molecule has 68 valence electrons. The summed E-state index contributed by atoms with van der Waals surface area (Å²) in [5.74, 6) is 0. The quantitative estimate of drug-likeness (QED) is 0.577. The molecule has 0 radical (unpaired) electrons. The first-order valence-corrected chi connectivity index (χ1v) is 5.68. The molecule has 3 aliphatic rings. The molecule has 0 amide bonds. The second-order valence-corrected chi connectivity index (χ2v) is 4.96. The van der Waals surface area contributed by atoms with Crippen molar-refractivity contribution in [1.82, 2.24) is 4.90 Å². The summed E-state index contributed by atoms with van der Waals surface area (Å²) in [5, 5.41) is 0. The van der Waals surface area contributed by atoms with E-state index < -0.39 is 0 Å². The lowest BCUT2D eigenvalue weighted by Crippen LogP contribution is -2.61. The summed E-state index contributed by atoms with van der Waals surface area (Å²) in [7, 11) is 0. The average molecular weight is 165 g/mol. The van der Waals surface area contributed by atoms with Crippen LogP contribution in [0.3, 0.4) is 0 Å². The van der Waals surface area contributed by atoms with Crippen molar-refractivity contribution in [3.63, 3.8) is 0 Å². The summed E-state index contributed by atoms with van der Waals surface area (Å²) in [6.45, 7) is 1.42. The summed E-state index contributed by atoms with van der Waals surface area (Å²) < 4.78 is 0. The molecule has 3 rings (SSSR count). The molecule has 0 N–H and O–H groups in total. The molecule has 0 aromatic heterocycles. The maximum Gasteiger partial charge on any atom is 0.0224 e. The van der Waals surface area contributed by atoms with E-state index in [0.29, 0.717) is 0 Å². The molecule has 1 aliphatic heterocycles. The van der Waals surface area contributed by atoms with Crippen LogP contribution < -0.4 is 0 Å². The van der Waals surface area contributed by atoms with Crippen LogP contribution in [0.1, 0.15) is 51.4 Å². The first-order valence-electron chi connectivity index (χ1n) is 5.68. The maximum absolute atomic E-state index is 2.84. The van der Waals surface area contributed by atoms with Gasteiger partial charge in [-0.1, -0.05) is 19.3 Å². The van der Waals surface area contributed by atoms with Gasteiger partial charge in [-0.25, -0.2) is 0 Å². The number of hydrogen-bond acceptors (Lipinski definition) is 1. The molecule has 1 heteroatoms. The zero-order valence-electron chi connectivity index (χ0n) is 7.89. The van der Waals surface area contributed by atoms with Crippen molar-refractivity contribution in [2.75, 3.05) is 6.54 Å². The van der Waals surface area contributed by atoms with Gasteiger partial charge in [-0.05, 0) is 32.1 Å². The highest BCUT2D eigenvalue weighted by Gasteiger charge is 2.50. The molecular weight excluding hydrogens is 146 g/mol. The lowest BCUT2D eigenvalue weighted by Gasteiger charge is -2.55. The van der Waals surface area contributed by atoms with Crippen LogP contribution in [0.15, 0.2) is 0 Å². The van der Waals surface area contributed by atoms with Gasteiger partial charge in [-0.3, -0.25) is 4.90 Å². The lowest BCUT2D eigenvalue weighted by molar-refractivity contribution is -0.0487. The van der Waals surface area contributed by atoms with Gasteiger partial charge in [0.15, 0.2) is 0 Å². The summed E-state index contributed by atoms with van der Waals surface area (Å²) in [6.07, 6.45) is 12.1. The Hall–Kier alpha value is -0.0400. The fraction of sp³-hybridized carbons (Fsp3) is 1.00. The van der Waals surface area contributed by atoms with Crippen LogP contribution in [-0.4, -0.2) is 23.0 Å². The van der Waals surface area contributed by atoms with Crippen molar-refractivity contribution in [2.45, 2.75) is 62.9 Å². The molecule has 12 heavy (non-hydrogen) atoms. The zero-order chi connectivity index (χ0) is 8.02. The van der Waals surface area contributed by atoms with Crippen molar-refractivity contribution in [3.05, 3.63) is 0 Å². The van der Waals surface area contributed by atoms with Crippen molar-refractivity contribution < 1.29 is 0 Å². The molecule has 0 aromatic carbocycles. The van der Waals surface area contributed by atoms with E-state index in [1.54, 1.807) is 0 Å². The van der Waals surface area contributed by atoms with E-state index in [1.165, 1.54) is 57.9 Å². The number of hydrogen-bond donors (Lipinski definition) is 0. The van der Waals surface area contributed by atoms with Crippen molar-refractivity contribution >= 4 is 0 Å². The van der Waals surface area contributed by atoms with E-state index in [4.69, 9.17) is 0 Å². The predicted octanol–water partition coefficient (Wildman–Crippen LogP) is 2.56. The number of likely N-dealkylation sites (tertiary alicyclic amines) is 1. The summed E-state index contributed by atoms with van der Waals surface area (Å²) in [5.41, 5.74) is 0.736. The summed E-state index contributed by atoms with van der Waals surface area (Å²) in [4.78, 5) is 2.84. The summed E-state index contributed by atoms with van der Waals surface area (Å²) >= 11 is 0. The third kappa shape index (κ3) is 0.953. The topological polar surface area (TPSA) is 3.24 Å². The second-order valence-electron chi connectivity index (χ2n) is 4.96. The van der Waals surface area contributed by atoms with Crippen LogP contribution >= 0.6 is 0 Å². The minimum absolute atomic E-state index is 0.736. The van der Waals surface area contributed by atoms with E-state index in [9.17, 15) is 0 Å². The van der Waals surface area contributed by atoms with Gasteiger partial charge in [0.05, 0.1) is 0 Å². The molecule has 0 bridgehead atoms. The van der Waals surface area contributed by atoms with Crippen molar-refractivity contribution in [1.29, 1.82) is 0 Å². The Morgan fingerprint density at radius 2 is 1.67 bits per heavy atom. The third-order valence-corrected chi connectivity index (χ3v) is 4.20. The van der Waals surface area contributed by atoms with Crippen LogP contribution in [0.2, 0.25) is 0 Å². The summed E-state index contributed by atoms with van der Waals surface area (Å²) in [6, 6.07) is 1.02. The molecule has 1 nitrogen and oxygen atoms in total. The fourth-order valence-corrected chi connectivity index (χ4v) is 3.26. The standard InChI is InChI=1S/C11H19N/c1-2-6-11(7-3-1)8-9-12(11)10-4-5-10/h10H,1-9H2. The van der Waals surface area contributed by atoms with Gasteiger partial charge in [0.1, 0.15) is 0 Å². The molecule has 0 atom stereocenters. The Bertz CT molecular complexity index is 177. The van der Waals surface area contributed by atoms with E-state index in [0.717, 1.165) is 11.6 Å². The van der Waals surface area contributed by atoms with Crippen molar-refractivity contribution in [2.24, 2.45) is 0 Å². The predicted molar refractivity (Wildman–Crippen MR) is 50.2 cm³/mol. The number of nitrogens with zero attached hydrogens (tertiary/aromatic N) is 1. The normalized spacial score (nSPS) is 35.0. The molecule has 0 unspecified atom stereocenters. The Balaban J connectivity index is 1.71. The fourth-order valence-electron chi connectivity index (χ4n) is 3.26. The van der Waals surface area contributed by atoms with Gasteiger partial charge in [0.25, 0.3) is 0 Å². The SMILES string of the molecule is C1CCC2(CC1)CCN2C1CC1. The first-order chi connectivity index (χ1) is 5.91. The lowest BCUT2D eigenvalue weighted by atomic mass is 9.72. The minimum Gasteiger partial charge on any atom is -0.295 e. The highest BCUT2D eigenvalue weighted by Crippen LogP contribution is 2.48. The monoisotopic (exact) mass is 165 g/mol. The first kappa shape index (κ1) is 7.37. The smallest absolute Gasteiger partial charge is 0.0224 e. The van der Waals surface area contributed by atoms with Gasteiger partial charge in [0.2, 0.25) is 0 Å². The highest BCUT2D eigenvalue weighted by molar-refractivity contribution is 5.06. The molecule has 0 aromatic rings. The van der Waals surface area contributed by atoms with Gasteiger partial charge in [-0.15, -0.1) is 0 Å². The Kier molecular flexibility index (Phi) is 1.52. The maximum atomic E-state index is 2.84. The highest BCUT2D eigenvalue weighted by atomic mass is 15.3. The number of rotatable bonds is 1. The average Bonchev–Trinajstić information content (AvgIpc) is 2.88. The van der Waals surface area contributed by atoms with Crippen LogP contribution in [-0.2, 0) is 0 Å². The molecule has 1 spiro atoms. The third-order valence-electron chi connectivity index (χ3n) is 4.20.